The molecule has 1 aliphatic carbocycles. The first-order chi connectivity index (χ1) is 9.58. The van der Waals surface area contributed by atoms with Crippen molar-refractivity contribution in [2.24, 2.45) is 0 Å². The van der Waals surface area contributed by atoms with Crippen LogP contribution in [0.15, 0.2) is 11.0 Å². The summed E-state index contributed by atoms with van der Waals surface area (Å²) in [5.74, 6) is 0.158. The molecule has 0 spiro atoms. The van der Waals surface area contributed by atoms with Crippen LogP contribution in [0.1, 0.15) is 42.7 Å². The Morgan fingerprint density at radius 3 is 2.80 bits per heavy atom. The van der Waals surface area contributed by atoms with E-state index in [1.54, 1.807) is 6.20 Å². The average Bonchev–Trinajstić information content (AvgIpc) is 3.00. The van der Waals surface area contributed by atoms with Gasteiger partial charge in [-0.1, -0.05) is 12.8 Å². The van der Waals surface area contributed by atoms with Crippen LogP contribution in [-0.4, -0.2) is 38.7 Å². The maximum Gasteiger partial charge on any atom is 0.258 e. The van der Waals surface area contributed by atoms with Gasteiger partial charge >= 0.3 is 0 Å². The molecule has 0 unspecified atom stereocenters. The van der Waals surface area contributed by atoms with Crippen LogP contribution in [0.5, 0.6) is 5.88 Å². The molecule has 3 rings (SSSR count). The Kier molecular flexibility index (Phi) is 3.25. The van der Waals surface area contributed by atoms with Crippen LogP contribution in [0, 0.1) is 0 Å². The van der Waals surface area contributed by atoms with Crippen molar-refractivity contribution in [2.45, 2.75) is 38.1 Å². The molecule has 0 atom stereocenters. The third-order valence-electron chi connectivity index (χ3n) is 4.01. The molecule has 6 heteroatoms. The molecule has 6 nitrogen and oxygen atoms in total. The van der Waals surface area contributed by atoms with Crippen LogP contribution in [0.25, 0.3) is 5.65 Å². The highest BCUT2D eigenvalue weighted by Gasteiger charge is 2.26. The topological polar surface area (TPSA) is 73.6 Å². The van der Waals surface area contributed by atoms with Gasteiger partial charge in [-0.3, -0.25) is 4.79 Å². The number of hydrogen-bond acceptors (Lipinski definition) is 4. The largest absolute Gasteiger partial charge is 0.493 e. The number of fused-ring (bicyclic) bond motifs is 1. The van der Waals surface area contributed by atoms with Crippen LogP contribution < -0.4 is 5.56 Å². The molecule has 2 N–H and O–H groups in total. The normalized spacial score (nSPS) is 16.6. The van der Waals surface area contributed by atoms with E-state index in [1.807, 2.05) is 19.0 Å². The lowest BCUT2D eigenvalue weighted by Crippen LogP contribution is -2.19. The van der Waals surface area contributed by atoms with E-state index < -0.39 is 0 Å². The Balaban J connectivity index is 2.14. The summed E-state index contributed by atoms with van der Waals surface area (Å²) < 4.78 is 1.45. The fraction of sp³-hybridized carbons (Fsp3) is 0.571. The van der Waals surface area contributed by atoms with E-state index in [-0.39, 0.29) is 17.4 Å². The fourth-order valence-corrected chi connectivity index (χ4v) is 3.11. The number of H-pyrrole nitrogens is 1. The van der Waals surface area contributed by atoms with E-state index in [0.717, 1.165) is 31.2 Å². The van der Waals surface area contributed by atoms with E-state index in [0.29, 0.717) is 17.8 Å². The lowest BCUT2D eigenvalue weighted by Gasteiger charge is -2.12. The summed E-state index contributed by atoms with van der Waals surface area (Å²) in [4.78, 5) is 17.2. The Bertz CT molecular complexity index is 680. The van der Waals surface area contributed by atoms with Crippen LogP contribution in [0.3, 0.4) is 0 Å². The van der Waals surface area contributed by atoms with Gasteiger partial charge in [-0.15, -0.1) is 0 Å². The number of rotatable bonds is 3. The Hall–Kier alpha value is -1.82. The summed E-state index contributed by atoms with van der Waals surface area (Å²) in [5, 5.41) is 14.6. The minimum atomic E-state index is -0.178. The standard InChI is InChI=1S/C14H20N4O2/c1-17(2)8-10-7-15-18-12(10)16-13(19)11(14(18)20)9-5-3-4-6-9/h7,9,20H,3-6,8H2,1-2H3,(H,16,19). The zero-order chi connectivity index (χ0) is 14.3. The fourth-order valence-electron chi connectivity index (χ4n) is 3.11. The SMILES string of the molecule is CN(C)Cc1cnn2c(O)c(C3CCCC3)c(=O)[nH]c12. The molecule has 2 aromatic rings. The lowest BCUT2D eigenvalue weighted by atomic mass is 10.00. The molecule has 108 valence electrons. The number of aromatic hydroxyl groups is 1. The van der Waals surface area contributed by atoms with Gasteiger partial charge in [0.15, 0.2) is 0 Å². The van der Waals surface area contributed by atoms with Gasteiger partial charge in [0.1, 0.15) is 5.65 Å². The summed E-state index contributed by atoms with van der Waals surface area (Å²) in [6.45, 7) is 0.668. The van der Waals surface area contributed by atoms with E-state index in [4.69, 9.17) is 0 Å². The van der Waals surface area contributed by atoms with Crippen molar-refractivity contribution >= 4 is 5.65 Å². The smallest absolute Gasteiger partial charge is 0.258 e. The predicted octanol–water partition coefficient (Wildman–Crippen LogP) is 1.45. The second kappa shape index (κ2) is 4.94. The molecule has 0 saturated heterocycles. The highest BCUT2D eigenvalue weighted by Crippen LogP contribution is 2.36. The van der Waals surface area contributed by atoms with Crippen molar-refractivity contribution in [3.8, 4) is 5.88 Å². The molecular weight excluding hydrogens is 256 g/mol. The van der Waals surface area contributed by atoms with E-state index in [9.17, 15) is 9.90 Å². The highest BCUT2D eigenvalue weighted by atomic mass is 16.3. The highest BCUT2D eigenvalue weighted by molar-refractivity contribution is 5.50. The van der Waals surface area contributed by atoms with Crippen LogP contribution in [0.2, 0.25) is 0 Å². The first kappa shape index (κ1) is 13.2. The minimum absolute atomic E-state index is 0.000608. The molecule has 1 fully saturated rings. The summed E-state index contributed by atoms with van der Waals surface area (Å²) in [6, 6.07) is 0. The Morgan fingerprint density at radius 2 is 2.15 bits per heavy atom. The summed E-state index contributed by atoms with van der Waals surface area (Å²) in [6.07, 6.45) is 5.87. The van der Waals surface area contributed by atoms with Gasteiger partial charge in [-0.2, -0.15) is 9.61 Å². The van der Waals surface area contributed by atoms with Gasteiger partial charge < -0.3 is 15.0 Å². The first-order valence-corrected chi connectivity index (χ1v) is 7.04. The quantitative estimate of drug-likeness (QED) is 0.890. The van der Waals surface area contributed by atoms with Crippen molar-refractivity contribution in [1.29, 1.82) is 0 Å². The van der Waals surface area contributed by atoms with Gasteiger partial charge in [0, 0.05) is 12.1 Å². The number of nitrogens with zero attached hydrogens (tertiary/aromatic N) is 3. The number of hydrogen-bond donors (Lipinski definition) is 2. The molecule has 2 heterocycles. The second-order valence-electron chi connectivity index (χ2n) is 5.84. The number of nitrogens with one attached hydrogen (secondary N) is 1. The van der Waals surface area contributed by atoms with E-state index in [1.165, 1.54) is 4.52 Å². The summed E-state index contributed by atoms with van der Waals surface area (Å²) >= 11 is 0. The molecular formula is C14H20N4O2. The van der Waals surface area contributed by atoms with E-state index in [2.05, 4.69) is 10.1 Å². The van der Waals surface area contributed by atoms with Crippen molar-refractivity contribution in [3.05, 3.63) is 27.7 Å². The molecule has 2 aromatic heterocycles. The van der Waals surface area contributed by atoms with Crippen molar-refractivity contribution in [3.63, 3.8) is 0 Å². The van der Waals surface area contributed by atoms with Gasteiger partial charge in [-0.05, 0) is 32.9 Å². The molecule has 0 radical (unpaired) electrons. The second-order valence-corrected chi connectivity index (χ2v) is 5.84. The molecule has 1 aliphatic rings. The van der Waals surface area contributed by atoms with Gasteiger partial charge in [0.05, 0.1) is 11.8 Å². The van der Waals surface area contributed by atoms with Crippen LogP contribution in [-0.2, 0) is 6.54 Å². The molecule has 0 aliphatic heterocycles. The zero-order valence-electron chi connectivity index (χ0n) is 11.9. The molecule has 0 bridgehead atoms. The van der Waals surface area contributed by atoms with Crippen molar-refractivity contribution < 1.29 is 5.11 Å². The molecule has 0 amide bonds. The molecule has 1 saturated carbocycles. The predicted molar refractivity (Wildman–Crippen MR) is 76.1 cm³/mol. The maximum atomic E-state index is 12.3. The Labute approximate surface area is 117 Å². The van der Waals surface area contributed by atoms with Crippen LogP contribution >= 0.6 is 0 Å². The van der Waals surface area contributed by atoms with Gasteiger partial charge in [-0.25, -0.2) is 0 Å². The summed E-state index contributed by atoms with van der Waals surface area (Å²) in [7, 11) is 3.91. The lowest BCUT2D eigenvalue weighted by molar-refractivity contribution is 0.403. The van der Waals surface area contributed by atoms with Crippen LogP contribution in [0.4, 0.5) is 0 Å². The molecule has 0 aromatic carbocycles. The van der Waals surface area contributed by atoms with Gasteiger partial charge in [0.25, 0.3) is 5.56 Å². The van der Waals surface area contributed by atoms with Gasteiger partial charge in [0.2, 0.25) is 5.88 Å². The third-order valence-corrected chi connectivity index (χ3v) is 4.01. The number of aromatic amines is 1. The monoisotopic (exact) mass is 276 g/mol. The average molecular weight is 276 g/mol. The van der Waals surface area contributed by atoms with Crippen molar-refractivity contribution in [1.82, 2.24) is 19.5 Å². The molecule has 20 heavy (non-hydrogen) atoms. The Morgan fingerprint density at radius 1 is 1.45 bits per heavy atom. The van der Waals surface area contributed by atoms with E-state index >= 15 is 0 Å². The first-order valence-electron chi connectivity index (χ1n) is 7.04. The number of aromatic nitrogens is 3. The zero-order valence-corrected chi connectivity index (χ0v) is 11.9. The third kappa shape index (κ3) is 2.10. The minimum Gasteiger partial charge on any atom is -0.493 e. The van der Waals surface area contributed by atoms with Crippen molar-refractivity contribution in [2.75, 3.05) is 14.1 Å². The maximum absolute atomic E-state index is 12.3. The summed E-state index contributed by atoms with van der Waals surface area (Å²) in [5.41, 5.74) is 1.81.